The number of rotatable bonds is 4. The quantitative estimate of drug-likeness (QED) is 0.711. The lowest BCUT2D eigenvalue weighted by atomic mass is 9.96. The molecule has 0 unspecified atom stereocenters. The largest absolute Gasteiger partial charge is 0.466 e. The summed E-state index contributed by atoms with van der Waals surface area (Å²) in [6, 6.07) is 0. The molecule has 1 heterocycles. The molecule has 0 aromatic heterocycles. The summed E-state index contributed by atoms with van der Waals surface area (Å²) in [6.07, 6.45) is 2.10. The number of carbonyl (C=O) groups is 2. The van der Waals surface area contributed by atoms with E-state index >= 15 is 0 Å². The molecule has 1 aliphatic rings. The maximum atomic E-state index is 12.3. The second-order valence-electron chi connectivity index (χ2n) is 5.60. The van der Waals surface area contributed by atoms with E-state index in [2.05, 4.69) is 0 Å². The number of carbonyl (C=O) groups excluding carboxylic acids is 2. The van der Waals surface area contributed by atoms with Crippen LogP contribution >= 0.6 is 0 Å². The van der Waals surface area contributed by atoms with E-state index in [1.165, 1.54) is 18.7 Å². The Hall–Kier alpha value is -1.11. The van der Waals surface area contributed by atoms with E-state index in [1.807, 2.05) is 0 Å². The van der Waals surface area contributed by atoms with Crippen LogP contribution in [0.25, 0.3) is 0 Å². The monoisotopic (exact) mass is 305 g/mol. The molecule has 0 bridgehead atoms. The summed E-state index contributed by atoms with van der Waals surface area (Å²) in [5, 5.41) is 0. The SMILES string of the molecule is CCOC(=O)C1CCN(C(=O)C(C)(C)S(C)(=O)=O)CC1. The summed E-state index contributed by atoms with van der Waals surface area (Å²) in [5.74, 6) is -0.829. The fourth-order valence-corrected chi connectivity index (χ4v) is 2.56. The van der Waals surface area contributed by atoms with Crippen LogP contribution in [0.3, 0.4) is 0 Å². The fraction of sp³-hybridized carbons (Fsp3) is 0.846. The van der Waals surface area contributed by atoms with Crippen LogP contribution < -0.4 is 0 Å². The number of hydrogen-bond acceptors (Lipinski definition) is 5. The zero-order valence-corrected chi connectivity index (χ0v) is 13.3. The second-order valence-corrected chi connectivity index (χ2v) is 8.17. The third kappa shape index (κ3) is 3.50. The lowest BCUT2D eigenvalue weighted by molar-refractivity contribution is -0.151. The van der Waals surface area contributed by atoms with E-state index in [-0.39, 0.29) is 11.9 Å². The molecule has 0 saturated carbocycles. The van der Waals surface area contributed by atoms with Crippen molar-refractivity contribution < 1.29 is 22.7 Å². The van der Waals surface area contributed by atoms with Gasteiger partial charge in [0.15, 0.2) is 9.84 Å². The number of likely N-dealkylation sites (tertiary alicyclic amines) is 1. The van der Waals surface area contributed by atoms with Gasteiger partial charge in [-0.15, -0.1) is 0 Å². The van der Waals surface area contributed by atoms with Gasteiger partial charge in [0.1, 0.15) is 4.75 Å². The summed E-state index contributed by atoms with van der Waals surface area (Å²) >= 11 is 0. The Morgan fingerprint density at radius 3 is 2.15 bits per heavy atom. The predicted octanol–water partition coefficient (Wildman–Crippen LogP) is 0.611. The van der Waals surface area contributed by atoms with Gasteiger partial charge in [0.05, 0.1) is 12.5 Å². The topological polar surface area (TPSA) is 80.8 Å². The standard InChI is InChI=1S/C13H23NO5S/c1-5-19-11(15)10-6-8-14(9-7-10)12(16)13(2,3)20(4,17)18/h10H,5-9H2,1-4H3. The molecule has 1 fully saturated rings. The molecule has 0 aliphatic carbocycles. The minimum Gasteiger partial charge on any atom is -0.466 e. The van der Waals surface area contributed by atoms with Crippen LogP contribution in [-0.2, 0) is 24.2 Å². The van der Waals surface area contributed by atoms with Crippen molar-refractivity contribution in [3.05, 3.63) is 0 Å². The molecule has 1 saturated heterocycles. The van der Waals surface area contributed by atoms with Crippen molar-refractivity contribution in [3.63, 3.8) is 0 Å². The van der Waals surface area contributed by atoms with Gasteiger partial charge in [-0.05, 0) is 33.6 Å². The molecular weight excluding hydrogens is 282 g/mol. The summed E-state index contributed by atoms with van der Waals surface area (Å²) in [6.45, 7) is 5.72. The summed E-state index contributed by atoms with van der Waals surface area (Å²) in [7, 11) is -3.47. The fourth-order valence-electron chi connectivity index (χ4n) is 2.12. The Labute approximate surface area is 120 Å². The number of piperidine rings is 1. The average molecular weight is 305 g/mol. The maximum absolute atomic E-state index is 12.3. The predicted molar refractivity (Wildman–Crippen MR) is 74.9 cm³/mol. The van der Waals surface area contributed by atoms with Gasteiger partial charge in [-0.25, -0.2) is 8.42 Å². The van der Waals surface area contributed by atoms with Gasteiger partial charge in [0.25, 0.3) is 0 Å². The van der Waals surface area contributed by atoms with Crippen molar-refractivity contribution in [2.45, 2.75) is 38.4 Å². The molecule has 0 spiro atoms. The Morgan fingerprint density at radius 2 is 1.75 bits per heavy atom. The number of nitrogens with zero attached hydrogens (tertiary/aromatic N) is 1. The van der Waals surface area contributed by atoms with E-state index in [0.717, 1.165) is 6.26 Å². The van der Waals surface area contributed by atoms with E-state index in [4.69, 9.17) is 4.74 Å². The van der Waals surface area contributed by atoms with Gasteiger partial charge in [0.2, 0.25) is 5.91 Å². The van der Waals surface area contributed by atoms with Gasteiger partial charge in [-0.2, -0.15) is 0 Å². The smallest absolute Gasteiger partial charge is 0.309 e. The van der Waals surface area contributed by atoms with E-state index in [9.17, 15) is 18.0 Å². The molecule has 0 N–H and O–H groups in total. The Morgan fingerprint density at radius 1 is 1.25 bits per heavy atom. The van der Waals surface area contributed by atoms with E-state index in [0.29, 0.717) is 32.5 Å². The molecule has 7 heteroatoms. The van der Waals surface area contributed by atoms with Crippen molar-refractivity contribution in [1.29, 1.82) is 0 Å². The Balaban J connectivity index is 2.67. The molecule has 0 atom stereocenters. The normalized spacial score (nSPS) is 17.9. The lowest BCUT2D eigenvalue weighted by Gasteiger charge is -2.35. The van der Waals surface area contributed by atoms with Gasteiger partial charge in [-0.1, -0.05) is 0 Å². The molecule has 1 aliphatic heterocycles. The molecule has 0 aromatic rings. The van der Waals surface area contributed by atoms with Crippen LogP contribution in [0, 0.1) is 5.92 Å². The minimum atomic E-state index is -3.47. The molecule has 0 aromatic carbocycles. The van der Waals surface area contributed by atoms with Crippen LogP contribution in [0.5, 0.6) is 0 Å². The van der Waals surface area contributed by atoms with E-state index < -0.39 is 20.5 Å². The van der Waals surface area contributed by atoms with Crippen LogP contribution in [0.1, 0.15) is 33.6 Å². The van der Waals surface area contributed by atoms with Crippen molar-refractivity contribution in [1.82, 2.24) is 4.90 Å². The van der Waals surface area contributed by atoms with Gasteiger partial charge >= 0.3 is 5.97 Å². The number of esters is 1. The zero-order chi connectivity index (χ0) is 15.6. The third-order valence-corrected chi connectivity index (χ3v) is 5.87. The molecular formula is C13H23NO5S. The lowest BCUT2D eigenvalue weighted by Crippen LogP contribution is -2.52. The van der Waals surface area contributed by atoms with Crippen LogP contribution in [0.15, 0.2) is 0 Å². The Bertz CT molecular complexity index is 475. The molecule has 1 amide bonds. The Kier molecular flexibility index (Phi) is 5.18. The first-order chi connectivity index (χ1) is 9.11. The maximum Gasteiger partial charge on any atom is 0.309 e. The number of amides is 1. The van der Waals surface area contributed by atoms with Gasteiger partial charge < -0.3 is 9.64 Å². The van der Waals surface area contributed by atoms with E-state index in [1.54, 1.807) is 6.92 Å². The van der Waals surface area contributed by atoms with Crippen LogP contribution in [0.2, 0.25) is 0 Å². The van der Waals surface area contributed by atoms with Crippen molar-refractivity contribution >= 4 is 21.7 Å². The summed E-state index contributed by atoms with van der Waals surface area (Å²) < 4.78 is 26.9. The molecule has 6 nitrogen and oxygen atoms in total. The highest BCUT2D eigenvalue weighted by molar-refractivity contribution is 7.92. The highest BCUT2D eigenvalue weighted by Crippen LogP contribution is 2.24. The number of hydrogen-bond donors (Lipinski definition) is 0. The first-order valence-electron chi connectivity index (χ1n) is 6.77. The van der Waals surface area contributed by atoms with Crippen molar-refractivity contribution in [3.8, 4) is 0 Å². The number of ether oxygens (including phenoxy) is 1. The van der Waals surface area contributed by atoms with Crippen molar-refractivity contribution in [2.75, 3.05) is 26.0 Å². The minimum absolute atomic E-state index is 0.194. The van der Waals surface area contributed by atoms with Gasteiger partial charge in [0, 0.05) is 19.3 Å². The highest BCUT2D eigenvalue weighted by atomic mass is 32.2. The average Bonchev–Trinajstić information content (AvgIpc) is 2.37. The molecule has 1 rings (SSSR count). The summed E-state index contributed by atoms with van der Waals surface area (Å²) in [4.78, 5) is 25.4. The molecule has 0 radical (unpaired) electrons. The van der Waals surface area contributed by atoms with Gasteiger partial charge in [-0.3, -0.25) is 9.59 Å². The van der Waals surface area contributed by atoms with Crippen molar-refractivity contribution in [2.24, 2.45) is 5.92 Å². The highest BCUT2D eigenvalue weighted by Gasteiger charge is 2.42. The third-order valence-electron chi connectivity index (χ3n) is 3.84. The van der Waals surface area contributed by atoms with Crippen LogP contribution in [0.4, 0.5) is 0 Å². The first kappa shape index (κ1) is 16.9. The molecule has 116 valence electrons. The number of sulfone groups is 1. The summed E-state index contributed by atoms with van der Waals surface area (Å²) in [5.41, 5.74) is 0. The molecule has 20 heavy (non-hydrogen) atoms. The second kappa shape index (κ2) is 6.11. The van der Waals surface area contributed by atoms with Crippen LogP contribution in [-0.4, -0.2) is 55.9 Å². The first-order valence-corrected chi connectivity index (χ1v) is 8.66. The zero-order valence-electron chi connectivity index (χ0n) is 12.5.